The molecule has 6 nitrogen and oxygen atoms in total. The van der Waals surface area contributed by atoms with Gasteiger partial charge in [0.05, 0.1) is 6.54 Å². The van der Waals surface area contributed by atoms with Crippen LogP contribution in [0.15, 0.2) is 16.5 Å². The van der Waals surface area contributed by atoms with Crippen LogP contribution in [0.2, 0.25) is 0 Å². The van der Waals surface area contributed by atoms with E-state index in [2.05, 4.69) is 17.1 Å². The highest BCUT2D eigenvalue weighted by Gasteiger charge is 2.38. The van der Waals surface area contributed by atoms with Crippen molar-refractivity contribution in [1.82, 2.24) is 15.1 Å². The van der Waals surface area contributed by atoms with E-state index in [1.807, 2.05) is 11.0 Å². The first-order chi connectivity index (χ1) is 12.1. The van der Waals surface area contributed by atoms with E-state index in [0.717, 1.165) is 37.7 Å². The third-order valence-corrected chi connectivity index (χ3v) is 5.94. The minimum atomic E-state index is -0.0451. The van der Waals surface area contributed by atoms with Crippen LogP contribution in [-0.4, -0.2) is 53.8 Å². The molecular formula is C19H27N3O3. The van der Waals surface area contributed by atoms with Crippen molar-refractivity contribution in [3.05, 3.63) is 23.7 Å². The molecule has 0 unspecified atom stereocenters. The van der Waals surface area contributed by atoms with Gasteiger partial charge in [-0.15, -0.1) is 0 Å². The van der Waals surface area contributed by atoms with Gasteiger partial charge in [-0.05, 0) is 50.4 Å². The predicted molar refractivity (Wildman–Crippen MR) is 92.9 cm³/mol. The maximum absolute atomic E-state index is 12.7. The van der Waals surface area contributed by atoms with E-state index in [9.17, 15) is 9.59 Å². The number of carbonyl (C=O) groups excluding carboxylic acids is 2. The van der Waals surface area contributed by atoms with Gasteiger partial charge in [-0.3, -0.25) is 14.5 Å². The molecule has 4 rings (SSSR count). The summed E-state index contributed by atoms with van der Waals surface area (Å²) >= 11 is 0. The maximum Gasteiger partial charge on any atom is 0.289 e. The molecule has 0 radical (unpaired) electrons. The van der Waals surface area contributed by atoms with Crippen molar-refractivity contribution >= 4 is 11.8 Å². The Balaban J connectivity index is 1.35. The molecular weight excluding hydrogens is 318 g/mol. The Kier molecular flexibility index (Phi) is 4.54. The minimum Gasteiger partial charge on any atom is -0.455 e. The Hall–Kier alpha value is -1.82. The van der Waals surface area contributed by atoms with Gasteiger partial charge in [-0.1, -0.05) is 6.92 Å². The quantitative estimate of drug-likeness (QED) is 0.908. The molecule has 4 heterocycles. The maximum atomic E-state index is 12.7. The van der Waals surface area contributed by atoms with Crippen LogP contribution < -0.4 is 5.32 Å². The molecule has 0 saturated carbocycles. The van der Waals surface area contributed by atoms with Gasteiger partial charge in [0.15, 0.2) is 5.76 Å². The SMILES string of the molecule is CC1CCN(Cc2ccc(C(=O)N3CC[C@@H]4NC(=O)C[C@@H]4C3)o2)CC1. The first-order valence-electron chi connectivity index (χ1n) is 9.48. The average Bonchev–Trinajstić information content (AvgIpc) is 3.21. The van der Waals surface area contributed by atoms with E-state index in [-0.39, 0.29) is 23.8 Å². The number of furan rings is 1. The second kappa shape index (κ2) is 6.83. The molecule has 6 heteroatoms. The third kappa shape index (κ3) is 3.59. The number of carbonyl (C=O) groups is 2. The number of amides is 2. The molecule has 1 aromatic heterocycles. The Bertz CT molecular complexity index is 648. The Morgan fingerprint density at radius 2 is 2.04 bits per heavy atom. The van der Waals surface area contributed by atoms with Gasteiger partial charge < -0.3 is 14.6 Å². The third-order valence-electron chi connectivity index (χ3n) is 5.94. The van der Waals surface area contributed by atoms with Crippen molar-refractivity contribution in [2.24, 2.45) is 11.8 Å². The van der Waals surface area contributed by atoms with Crippen molar-refractivity contribution in [2.45, 2.75) is 45.2 Å². The number of piperidine rings is 2. The smallest absolute Gasteiger partial charge is 0.289 e. The lowest BCUT2D eigenvalue weighted by molar-refractivity contribution is -0.119. The zero-order chi connectivity index (χ0) is 17.4. The van der Waals surface area contributed by atoms with Crippen molar-refractivity contribution in [3.63, 3.8) is 0 Å². The number of hydrogen-bond acceptors (Lipinski definition) is 4. The van der Waals surface area contributed by atoms with Crippen LogP contribution in [0.4, 0.5) is 0 Å². The molecule has 25 heavy (non-hydrogen) atoms. The lowest BCUT2D eigenvalue weighted by Gasteiger charge is -2.33. The summed E-state index contributed by atoms with van der Waals surface area (Å²) < 4.78 is 5.85. The standard InChI is InChI=1S/C19H27N3O3/c1-13-4-7-21(8-5-13)12-15-2-3-17(25-15)19(24)22-9-6-16-14(11-22)10-18(23)20-16/h2-3,13-14,16H,4-12H2,1H3,(H,20,23)/t14-,16+/m1/s1. The number of likely N-dealkylation sites (tertiary alicyclic amines) is 2. The van der Waals surface area contributed by atoms with E-state index in [1.54, 1.807) is 6.07 Å². The van der Waals surface area contributed by atoms with Crippen LogP contribution in [0.5, 0.6) is 0 Å². The number of hydrogen-bond donors (Lipinski definition) is 1. The highest BCUT2D eigenvalue weighted by Crippen LogP contribution is 2.27. The monoisotopic (exact) mass is 345 g/mol. The second-order valence-corrected chi connectivity index (χ2v) is 7.90. The van der Waals surface area contributed by atoms with Gasteiger partial charge in [0.25, 0.3) is 5.91 Å². The van der Waals surface area contributed by atoms with Crippen molar-refractivity contribution in [1.29, 1.82) is 0 Å². The molecule has 1 aromatic rings. The zero-order valence-corrected chi connectivity index (χ0v) is 14.9. The summed E-state index contributed by atoms with van der Waals surface area (Å²) in [4.78, 5) is 28.5. The molecule has 2 atom stereocenters. The van der Waals surface area contributed by atoms with Gasteiger partial charge >= 0.3 is 0 Å². The van der Waals surface area contributed by atoms with Gasteiger partial charge in [0, 0.05) is 31.5 Å². The fourth-order valence-corrected chi connectivity index (χ4v) is 4.29. The van der Waals surface area contributed by atoms with E-state index < -0.39 is 0 Å². The summed E-state index contributed by atoms with van der Waals surface area (Å²) in [6.45, 7) is 6.60. The molecule has 3 fully saturated rings. The van der Waals surface area contributed by atoms with Gasteiger partial charge in [-0.25, -0.2) is 0 Å². The van der Waals surface area contributed by atoms with Crippen molar-refractivity contribution < 1.29 is 14.0 Å². The average molecular weight is 345 g/mol. The van der Waals surface area contributed by atoms with E-state index in [1.165, 1.54) is 12.8 Å². The number of nitrogens with zero attached hydrogens (tertiary/aromatic N) is 2. The lowest BCUT2D eigenvalue weighted by atomic mass is 9.93. The van der Waals surface area contributed by atoms with E-state index >= 15 is 0 Å². The summed E-state index contributed by atoms with van der Waals surface area (Å²) in [7, 11) is 0. The molecule has 136 valence electrons. The first-order valence-corrected chi connectivity index (χ1v) is 9.48. The van der Waals surface area contributed by atoms with Gasteiger partial charge in [0.1, 0.15) is 5.76 Å². The predicted octanol–water partition coefficient (Wildman–Crippen LogP) is 1.86. The van der Waals surface area contributed by atoms with Crippen LogP contribution >= 0.6 is 0 Å². The fourth-order valence-electron chi connectivity index (χ4n) is 4.29. The Labute approximate surface area is 148 Å². The van der Waals surface area contributed by atoms with E-state index in [4.69, 9.17) is 4.42 Å². The summed E-state index contributed by atoms with van der Waals surface area (Å²) in [5.41, 5.74) is 0. The highest BCUT2D eigenvalue weighted by atomic mass is 16.4. The number of nitrogens with one attached hydrogen (secondary N) is 1. The fraction of sp³-hybridized carbons (Fsp3) is 0.684. The Morgan fingerprint density at radius 3 is 2.84 bits per heavy atom. The summed E-state index contributed by atoms with van der Waals surface area (Å²) in [6, 6.07) is 3.97. The normalized spacial score (nSPS) is 28.0. The highest BCUT2D eigenvalue weighted by molar-refractivity contribution is 5.91. The molecule has 0 aromatic carbocycles. The molecule has 1 N–H and O–H groups in total. The minimum absolute atomic E-state index is 0.0451. The topological polar surface area (TPSA) is 65.8 Å². The first kappa shape index (κ1) is 16.6. The molecule has 2 amide bonds. The molecule has 3 aliphatic heterocycles. The Morgan fingerprint density at radius 1 is 1.24 bits per heavy atom. The van der Waals surface area contributed by atoms with Crippen LogP contribution in [0.1, 0.15) is 48.9 Å². The van der Waals surface area contributed by atoms with Gasteiger partial charge in [0.2, 0.25) is 5.91 Å². The largest absolute Gasteiger partial charge is 0.455 e. The van der Waals surface area contributed by atoms with Crippen molar-refractivity contribution in [3.8, 4) is 0 Å². The molecule has 0 aliphatic carbocycles. The van der Waals surface area contributed by atoms with Gasteiger partial charge in [-0.2, -0.15) is 0 Å². The van der Waals surface area contributed by atoms with Crippen LogP contribution in [-0.2, 0) is 11.3 Å². The van der Waals surface area contributed by atoms with Crippen LogP contribution in [0.25, 0.3) is 0 Å². The number of rotatable bonds is 3. The second-order valence-electron chi connectivity index (χ2n) is 7.90. The summed E-state index contributed by atoms with van der Waals surface area (Å²) in [6.07, 6.45) is 3.83. The lowest BCUT2D eigenvalue weighted by Crippen LogP contribution is -2.47. The molecule has 3 aliphatic rings. The summed E-state index contributed by atoms with van der Waals surface area (Å²) in [5, 5.41) is 3.00. The molecule has 0 spiro atoms. The van der Waals surface area contributed by atoms with Crippen LogP contribution in [0.3, 0.4) is 0 Å². The molecule has 0 bridgehead atoms. The van der Waals surface area contributed by atoms with Crippen LogP contribution in [0, 0.1) is 11.8 Å². The van der Waals surface area contributed by atoms with E-state index in [0.29, 0.717) is 25.3 Å². The molecule has 3 saturated heterocycles. The summed E-state index contributed by atoms with van der Waals surface area (Å²) in [5.74, 6) is 2.42. The van der Waals surface area contributed by atoms with Crippen molar-refractivity contribution in [2.75, 3.05) is 26.2 Å². The zero-order valence-electron chi connectivity index (χ0n) is 14.9. The number of fused-ring (bicyclic) bond motifs is 1.